The maximum Gasteiger partial charge on any atom is 0.329 e. The van der Waals surface area contributed by atoms with Crippen molar-refractivity contribution in [3.8, 4) is 0 Å². The van der Waals surface area contributed by atoms with Crippen LogP contribution in [-0.2, 0) is 14.3 Å². The van der Waals surface area contributed by atoms with Crippen LogP contribution in [0.2, 0.25) is 0 Å². The van der Waals surface area contributed by atoms with Gasteiger partial charge < -0.3 is 19.7 Å². The van der Waals surface area contributed by atoms with E-state index in [2.05, 4.69) is 6.08 Å². The van der Waals surface area contributed by atoms with Gasteiger partial charge in [0.1, 0.15) is 6.61 Å². The van der Waals surface area contributed by atoms with Crippen molar-refractivity contribution in [2.45, 2.75) is 76.1 Å². The van der Waals surface area contributed by atoms with E-state index in [1.54, 1.807) is 0 Å². The van der Waals surface area contributed by atoms with E-state index < -0.39 is 5.97 Å². The molecule has 0 aromatic carbocycles. The fraction of sp³-hybridized carbons (Fsp3) is 0.850. The van der Waals surface area contributed by atoms with Crippen molar-refractivity contribution >= 4 is 5.97 Å². The van der Waals surface area contributed by atoms with Gasteiger partial charge in [0.25, 0.3) is 0 Å². The van der Waals surface area contributed by atoms with Gasteiger partial charge in [-0.3, -0.25) is 0 Å². The lowest BCUT2D eigenvalue weighted by Gasteiger charge is -2.26. The summed E-state index contributed by atoms with van der Waals surface area (Å²) in [6.45, 7) is 0.223. The molecule has 5 nitrogen and oxygen atoms in total. The number of rotatable bonds is 9. The van der Waals surface area contributed by atoms with Crippen LogP contribution in [0.4, 0.5) is 0 Å². The highest BCUT2D eigenvalue weighted by Crippen LogP contribution is 2.45. The van der Waals surface area contributed by atoms with Crippen LogP contribution in [-0.4, -0.2) is 47.7 Å². The molecule has 1 saturated carbocycles. The van der Waals surface area contributed by atoms with Gasteiger partial charge in [0.15, 0.2) is 0 Å². The van der Waals surface area contributed by atoms with Gasteiger partial charge in [-0.2, -0.15) is 0 Å². The van der Waals surface area contributed by atoms with Crippen LogP contribution in [0.25, 0.3) is 0 Å². The third-order valence-corrected chi connectivity index (χ3v) is 6.16. The smallest absolute Gasteiger partial charge is 0.329 e. The summed E-state index contributed by atoms with van der Waals surface area (Å²) < 4.78 is 11.3. The van der Waals surface area contributed by atoms with Gasteiger partial charge in [-0.15, -0.1) is 0 Å². The van der Waals surface area contributed by atoms with Gasteiger partial charge in [-0.05, 0) is 37.5 Å². The summed E-state index contributed by atoms with van der Waals surface area (Å²) in [6, 6.07) is 0. The van der Waals surface area contributed by atoms with Gasteiger partial charge in [-0.1, -0.05) is 44.3 Å². The van der Waals surface area contributed by atoms with Crippen molar-refractivity contribution < 1.29 is 24.5 Å². The normalized spacial score (nSPS) is 34.0. The number of hydrogen-bond acceptors (Lipinski definition) is 4. The SMILES string of the molecule is O=C(O)COCC[C@H]1[C@@H](C=CC(O)CC2CCCCC2)[C@H]2CC[C@@H]1O2. The molecular weight excluding hydrogens is 320 g/mol. The van der Waals surface area contributed by atoms with Crippen molar-refractivity contribution in [2.75, 3.05) is 13.2 Å². The largest absolute Gasteiger partial charge is 0.480 e. The van der Waals surface area contributed by atoms with Crippen LogP contribution in [0.3, 0.4) is 0 Å². The summed E-state index contributed by atoms with van der Waals surface area (Å²) in [4.78, 5) is 10.5. The van der Waals surface area contributed by atoms with Crippen LogP contribution < -0.4 is 0 Å². The third-order valence-electron chi connectivity index (χ3n) is 6.16. The van der Waals surface area contributed by atoms with E-state index in [-0.39, 0.29) is 24.9 Å². The highest BCUT2D eigenvalue weighted by Gasteiger charge is 2.47. The molecular formula is C20H32O5. The lowest BCUT2D eigenvalue weighted by molar-refractivity contribution is -0.142. The number of aliphatic hydroxyl groups excluding tert-OH is 1. The van der Waals surface area contributed by atoms with E-state index in [0.29, 0.717) is 24.4 Å². The fourth-order valence-corrected chi connectivity index (χ4v) is 4.93. The Morgan fingerprint density at radius 2 is 1.92 bits per heavy atom. The molecule has 2 heterocycles. The summed E-state index contributed by atoms with van der Waals surface area (Å²) in [7, 11) is 0. The van der Waals surface area contributed by atoms with Crippen molar-refractivity contribution in [3.63, 3.8) is 0 Å². The highest BCUT2D eigenvalue weighted by molar-refractivity contribution is 5.67. The Bertz CT molecular complexity index is 457. The van der Waals surface area contributed by atoms with Crippen LogP contribution >= 0.6 is 0 Å². The lowest BCUT2D eigenvalue weighted by Crippen LogP contribution is -2.27. The second-order valence-electron chi connectivity index (χ2n) is 7.96. The number of hydrogen-bond donors (Lipinski definition) is 2. The molecule has 142 valence electrons. The lowest BCUT2D eigenvalue weighted by atomic mass is 9.77. The van der Waals surface area contributed by atoms with Crippen molar-refractivity contribution in [1.29, 1.82) is 0 Å². The standard InChI is InChI=1S/C20H32O5/c21-15(12-14-4-2-1-3-5-14)6-7-16-17(10-11-24-13-20(22)23)19-9-8-18(16)25-19/h6-7,14-19,21H,1-5,8-13H2,(H,22,23)/t15?,16-,17+,18-,19+/m1/s1. The van der Waals surface area contributed by atoms with Crippen LogP contribution in [0, 0.1) is 17.8 Å². The summed E-state index contributed by atoms with van der Waals surface area (Å²) in [5, 5.41) is 19.0. The van der Waals surface area contributed by atoms with Crippen LogP contribution in [0.5, 0.6) is 0 Å². The minimum Gasteiger partial charge on any atom is -0.480 e. The van der Waals surface area contributed by atoms with Gasteiger partial charge >= 0.3 is 5.97 Å². The number of fused-ring (bicyclic) bond motifs is 2. The molecule has 0 aromatic heterocycles. The van der Waals surface area contributed by atoms with E-state index in [1.807, 2.05) is 6.08 Å². The Labute approximate surface area is 150 Å². The molecule has 3 fully saturated rings. The van der Waals surface area contributed by atoms with Crippen molar-refractivity contribution in [3.05, 3.63) is 12.2 Å². The maximum atomic E-state index is 10.5. The zero-order valence-electron chi connectivity index (χ0n) is 15.0. The molecule has 0 amide bonds. The first-order valence-corrected chi connectivity index (χ1v) is 9.95. The summed E-state index contributed by atoms with van der Waals surface area (Å²) in [5.41, 5.74) is 0. The monoisotopic (exact) mass is 352 g/mol. The highest BCUT2D eigenvalue weighted by atomic mass is 16.5. The number of carboxylic acids is 1. The molecule has 25 heavy (non-hydrogen) atoms. The quantitative estimate of drug-likeness (QED) is 0.492. The van der Waals surface area contributed by atoms with Crippen molar-refractivity contribution in [1.82, 2.24) is 0 Å². The second kappa shape index (κ2) is 9.15. The number of aliphatic hydroxyl groups is 1. The topological polar surface area (TPSA) is 76.0 Å². The second-order valence-corrected chi connectivity index (χ2v) is 7.96. The molecule has 0 spiro atoms. The molecule has 0 aromatic rings. The predicted molar refractivity (Wildman–Crippen MR) is 94.3 cm³/mol. The number of carbonyl (C=O) groups is 1. The number of aliphatic carboxylic acids is 1. The first-order valence-electron chi connectivity index (χ1n) is 9.95. The molecule has 1 unspecified atom stereocenters. The third kappa shape index (κ3) is 5.28. The molecule has 0 radical (unpaired) electrons. The number of ether oxygens (including phenoxy) is 2. The zero-order chi connectivity index (χ0) is 17.6. The summed E-state index contributed by atoms with van der Waals surface area (Å²) >= 11 is 0. The molecule has 1 aliphatic carbocycles. The zero-order valence-corrected chi connectivity index (χ0v) is 15.0. The molecule has 3 aliphatic rings. The van der Waals surface area contributed by atoms with Gasteiger partial charge in [0, 0.05) is 12.5 Å². The Hall–Kier alpha value is -0.910. The van der Waals surface area contributed by atoms with Gasteiger partial charge in [0.05, 0.1) is 18.3 Å². The van der Waals surface area contributed by atoms with E-state index in [1.165, 1.54) is 32.1 Å². The van der Waals surface area contributed by atoms with Crippen LogP contribution in [0.1, 0.15) is 57.8 Å². The molecule has 2 aliphatic heterocycles. The Morgan fingerprint density at radius 1 is 1.16 bits per heavy atom. The molecule has 5 heteroatoms. The minimum atomic E-state index is -0.925. The molecule has 2 bridgehead atoms. The minimum absolute atomic E-state index is 0.234. The molecule has 2 saturated heterocycles. The van der Waals surface area contributed by atoms with Gasteiger partial charge in [-0.25, -0.2) is 4.79 Å². The van der Waals surface area contributed by atoms with E-state index >= 15 is 0 Å². The summed E-state index contributed by atoms with van der Waals surface area (Å²) in [6.07, 6.45) is 14.7. The Morgan fingerprint density at radius 3 is 2.68 bits per heavy atom. The Balaban J connectivity index is 1.47. The fourth-order valence-electron chi connectivity index (χ4n) is 4.93. The predicted octanol–water partition coefficient (Wildman–Crippen LogP) is 3.16. The maximum absolute atomic E-state index is 10.5. The van der Waals surface area contributed by atoms with Crippen molar-refractivity contribution in [2.24, 2.45) is 17.8 Å². The molecule has 2 N–H and O–H groups in total. The summed E-state index contributed by atoms with van der Waals surface area (Å²) in [5.74, 6) is 0.454. The van der Waals surface area contributed by atoms with E-state index in [9.17, 15) is 9.90 Å². The Kier molecular flexibility index (Phi) is 6.91. The first kappa shape index (κ1) is 18.9. The molecule has 3 rings (SSSR count). The average Bonchev–Trinajstić information content (AvgIpc) is 3.19. The van der Waals surface area contributed by atoms with E-state index in [4.69, 9.17) is 14.6 Å². The average molecular weight is 352 g/mol. The van der Waals surface area contributed by atoms with Gasteiger partial charge in [0.2, 0.25) is 0 Å². The first-order chi connectivity index (χ1) is 12.1. The molecule has 5 atom stereocenters. The van der Waals surface area contributed by atoms with E-state index in [0.717, 1.165) is 25.7 Å². The number of carboxylic acid groups (broad SMARTS) is 1. The van der Waals surface area contributed by atoms with Crippen LogP contribution in [0.15, 0.2) is 12.2 Å².